The molecule has 1 aliphatic rings. The third-order valence-corrected chi connectivity index (χ3v) is 5.14. The molecule has 3 rings (SSSR count). The Kier molecular flexibility index (Phi) is 6.81. The van der Waals surface area contributed by atoms with Gasteiger partial charge in [0.05, 0.1) is 6.20 Å². The average Bonchev–Trinajstić information content (AvgIpc) is 2.74. The van der Waals surface area contributed by atoms with E-state index < -0.39 is 17.3 Å². The normalized spacial score (nSPS) is 14.7. The number of halogens is 1. The number of hydrogen-bond donors (Lipinski definition) is 2. The SMILES string of the molecule is CN(C(=O)OC(C)(C)C)C1CCN(c2nc(Nc3ccc(C(N)=O)cc3)ncc2F)CC1. The fourth-order valence-electron chi connectivity index (χ4n) is 3.44. The van der Waals surface area contributed by atoms with Gasteiger partial charge >= 0.3 is 6.09 Å². The number of anilines is 3. The van der Waals surface area contributed by atoms with Gasteiger partial charge in [0.25, 0.3) is 0 Å². The maximum atomic E-state index is 14.5. The van der Waals surface area contributed by atoms with E-state index >= 15 is 0 Å². The summed E-state index contributed by atoms with van der Waals surface area (Å²) < 4.78 is 19.9. The molecule has 3 N–H and O–H groups in total. The quantitative estimate of drug-likeness (QED) is 0.727. The summed E-state index contributed by atoms with van der Waals surface area (Å²) in [4.78, 5) is 35.3. The second-order valence-corrected chi connectivity index (χ2v) is 8.74. The number of nitrogens with zero attached hydrogens (tertiary/aromatic N) is 4. The smallest absolute Gasteiger partial charge is 0.410 e. The van der Waals surface area contributed by atoms with Crippen molar-refractivity contribution in [2.24, 2.45) is 5.73 Å². The average molecular weight is 445 g/mol. The molecule has 0 atom stereocenters. The van der Waals surface area contributed by atoms with Gasteiger partial charge in [-0.25, -0.2) is 14.2 Å². The second-order valence-electron chi connectivity index (χ2n) is 8.74. The van der Waals surface area contributed by atoms with E-state index in [1.165, 1.54) is 0 Å². The molecular formula is C22H29FN6O3. The van der Waals surface area contributed by atoms with Crippen LogP contribution in [0.2, 0.25) is 0 Å². The molecule has 1 aliphatic heterocycles. The van der Waals surface area contributed by atoms with Gasteiger partial charge in [-0.2, -0.15) is 4.98 Å². The molecule has 0 radical (unpaired) electrons. The van der Waals surface area contributed by atoms with Gasteiger partial charge < -0.3 is 25.6 Å². The largest absolute Gasteiger partial charge is 0.444 e. The number of benzene rings is 1. The Bertz CT molecular complexity index is 969. The highest BCUT2D eigenvalue weighted by molar-refractivity contribution is 5.93. The lowest BCUT2D eigenvalue weighted by Crippen LogP contribution is -2.47. The molecule has 2 heterocycles. The third-order valence-electron chi connectivity index (χ3n) is 5.14. The van der Waals surface area contributed by atoms with Crippen LogP contribution < -0.4 is 16.0 Å². The summed E-state index contributed by atoms with van der Waals surface area (Å²) in [6.45, 7) is 6.57. The number of nitrogens with two attached hydrogens (primary N) is 1. The fraction of sp³-hybridized carbons (Fsp3) is 0.455. The minimum atomic E-state index is -0.556. The van der Waals surface area contributed by atoms with Gasteiger partial charge in [-0.3, -0.25) is 4.79 Å². The van der Waals surface area contributed by atoms with Crippen LogP contribution in [0, 0.1) is 5.82 Å². The van der Waals surface area contributed by atoms with Crippen molar-refractivity contribution in [2.45, 2.75) is 45.3 Å². The van der Waals surface area contributed by atoms with Crippen LogP contribution in [-0.2, 0) is 4.74 Å². The fourth-order valence-corrected chi connectivity index (χ4v) is 3.44. The topological polar surface area (TPSA) is 114 Å². The van der Waals surface area contributed by atoms with Crippen molar-refractivity contribution < 1.29 is 18.7 Å². The van der Waals surface area contributed by atoms with Crippen molar-refractivity contribution >= 4 is 29.5 Å². The number of rotatable bonds is 5. The molecule has 1 aromatic heterocycles. The summed E-state index contributed by atoms with van der Waals surface area (Å²) in [5, 5.41) is 3.00. The molecule has 1 fully saturated rings. The van der Waals surface area contributed by atoms with Crippen LogP contribution in [0.15, 0.2) is 30.5 Å². The molecule has 1 saturated heterocycles. The van der Waals surface area contributed by atoms with Crippen molar-refractivity contribution in [2.75, 3.05) is 30.4 Å². The number of piperidine rings is 1. The van der Waals surface area contributed by atoms with Crippen LogP contribution in [0.1, 0.15) is 44.0 Å². The lowest BCUT2D eigenvalue weighted by atomic mass is 10.0. The van der Waals surface area contributed by atoms with Crippen molar-refractivity contribution in [3.63, 3.8) is 0 Å². The number of amides is 2. The van der Waals surface area contributed by atoms with Crippen molar-refractivity contribution in [1.29, 1.82) is 0 Å². The summed E-state index contributed by atoms with van der Waals surface area (Å²) >= 11 is 0. The Labute approximate surface area is 186 Å². The number of carbonyl (C=O) groups excluding carboxylic acids is 2. The first-order valence-electron chi connectivity index (χ1n) is 10.4. The van der Waals surface area contributed by atoms with Crippen LogP contribution in [0.25, 0.3) is 0 Å². The number of aromatic nitrogens is 2. The van der Waals surface area contributed by atoms with E-state index in [4.69, 9.17) is 10.5 Å². The number of primary amides is 1. The van der Waals surface area contributed by atoms with Gasteiger partial charge in [-0.1, -0.05) is 0 Å². The minimum Gasteiger partial charge on any atom is -0.444 e. The van der Waals surface area contributed by atoms with Crippen molar-refractivity contribution in [1.82, 2.24) is 14.9 Å². The first-order chi connectivity index (χ1) is 15.0. The van der Waals surface area contributed by atoms with Gasteiger partial charge in [-0.05, 0) is 57.9 Å². The number of hydrogen-bond acceptors (Lipinski definition) is 7. The minimum absolute atomic E-state index is 0.00682. The molecular weight excluding hydrogens is 415 g/mol. The Morgan fingerprint density at radius 3 is 2.41 bits per heavy atom. The van der Waals surface area contributed by atoms with Gasteiger partial charge in [-0.15, -0.1) is 0 Å². The van der Waals surface area contributed by atoms with Gasteiger partial charge in [0.15, 0.2) is 11.6 Å². The molecule has 2 aromatic rings. The summed E-state index contributed by atoms with van der Waals surface area (Å²) in [6, 6.07) is 6.52. The monoisotopic (exact) mass is 444 g/mol. The van der Waals surface area contributed by atoms with Crippen LogP contribution in [0.5, 0.6) is 0 Å². The highest BCUT2D eigenvalue weighted by Gasteiger charge is 2.30. The first kappa shape index (κ1) is 23.2. The van der Waals surface area contributed by atoms with Crippen LogP contribution in [0.3, 0.4) is 0 Å². The van der Waals surface area contributed by atoms with E-state index in [0.29, 0.717) is 37.2 Å². The van der Waals surface area contributed by atoms with Gasteiger partial charge in [0, 0.05) is 37.4 Å². The zero-order valence-electron chi connectivity index (χ0n) is 18.8. The Morgan fingerprint density at radius 1 is 1.22 bits per heavy atom. The molecule has 0 spiro atoms. The Balaban J connectivity index is 1.64. The van der Waals surface area contributed by atoms with Gasteiger partial charge in [0.1, 0.15) is 5.60 Å². The van der Waals surface area contributed by atoms with Crippen LogP contribution in [-0.4, -0.2) is 58.6 Å². The molecule has 9 nitrogen and oxygen atoms in total. The standard InChI is InChI=1S/C22H29FN6O3/c1-22(2,3)32-21(31)28(4)16-9-11-29(12-10-16)19-17(23)13-25-20(27-19)26-15-7-5-14(6-8-15)18(24)30/h5-8,13,16H,9-12H2,1-4H3,(H2,24,30)(H,25,26,27). The van der Waals surface area contributed by atoms with Crippen LogP contribution >= 0.6 is 0 Å². The molecule has 1 aromatic carbocycles. The number of nitrogens with one attached hydrogen (secondary N) is 1. The molecule has 0 bridgehead atoms. The summed E-state index contributed by atoms with van der Waals surface area (Å²) in [6.07, 6.45) is 2.09. The molecule has 10 heteroatoms. The highest BCUT2D eigenvalue weighted by Crippen LogP contribution is 2.25. The highest BCUT2D eigenvalue weighted by atomic mass is 19.1. The van der Waals surface area contributed by atoms with E-state index in [9.17, 15) is 14.0 Å². The van der Waals surface area contributed by atoms with Crippen molar-refractivity contribution in [3.05, 3.63) is 41.8 Å². The molecule has 2 amide bonds. The van der Waals surface area contributed by atoms with E-state index in [1.54, 1.807) is 36.2 Å². The molecule has 0 unspecified atom stereocenters. The maximum absolute atomic E-state index is 14.5. The van der Waals surface area contributed by atoms with E-state index in [2.05, 4.69) is 15.3 Å². The first-order valence-corrected chi connectivity index (χ1v) is 10.4. The molecule has 172 valence electrons. The Hall–Kier alpha value is -3.43. The molecule has 0 aliphatic carbocycles. The van der Waals surface area contributed by atoms with Gasteiger partial charge in [0.2, 0.25) is 11.9 Å². The lowest BCUT2D eigenvalue weighted by molar-refractivity contribution is 0.0200. The number of carbonyl (C=O) groups is 2. The predicted molar refractivity (Wildman–Crippen MR) is 119 cm³/mol. The summed E-state index contributed by atoms with van der Waals surface area (Å²) in [5.41, 5.74) is 5.72. The molecule has 32 heavy (non-hydrogen) atoms. The van der Waals surface area contributed by atoms with E-state index in [1.807, 2.05) is 25.7 Å². The summed E-state index contributed by atoms with van der Waals surface area (Å²) in [5.74, 6) is -0.591. The lowest BCUT2D eigenvalue weighted by Gasteiger charge is -2.37. The molecule has 0 saturated carbocycles. The predicted octanol–water partition coefficient (Wildman–Crippen LogP) is 3.29. The van der Waals surface area contributed by atoms with Crippen LogP contribution in [0.4, 0.5) is 26.6 Å². The zero-order valence-corrected chi connectivity index (χ0v) is 18.8. The number of ether oxygens (including phenoxy) is 1. The van der Waals surface area contributed by atoms with E-state index in [0.717, 1.165) is 6.20 Å². The second kappa shape index (κ2) is 9.37. The summed E-state index contributed by atoms with van der Waals surface area (Å²) in [7, 11) is 1.73. The van der Waals surface area contributed by atoms with Crippen molar-refractivity contribution in [3.8, 4) is 0 Å². The third kappa shape index (κ3) is 5.83. The zero-order chi connectivity index (χ0) is 23.5. The van der Waals surface area contributed by atoms with E-state index in [-0.39, 0.29) is 23.9 Å². The maximum Gasteiger partial charge on any atom is 0.410 e. The Morgan fingerprint density at radius 2 is 1.84 bits per heavy atom.